The van der Waals surface area contributed by atoms with Gasteiger partial charge in [0.1, 0.15) is 5.60 Å². The molecule has 0 bridgehead atoms. The van der Waals surface area contributed by atoms with Gasteiger partial charge in [-0.15, -0.1) is 0 Å². The van der Waals surface area contributed by atoms with Crippen LogP contribution in [0.5, 0.6) is 0 Å². The number of likely N-dealkylation sites (tertiary alicyclic amines) is 2. The van der Waals surface area contributed by atoms with Crippen LogP contribution in [0.4, 0.5) is 4.79 Å². The van der Waals surface area contributed by atoms with E-state index in [1.54, 1.807) is 9.80 Å². The average Bonchev–Trinajstić information content (AvgIpc) is 2.25. The minimum Gasteiger partial charge on any atom is -0.444 e. The van der Waals surface area contributed by atoms with E-state index in [9.17, 15) is 14.7 Å². The Morgan fingerprint density at radius 2 is 1.65 bits per heavy atom. The zero-order chi connectivity index (χ0) is 14.9. The van der Waals surface area contributed by atoms with Gasteiger partial charge >= 0.3 is 6.09 Å². The first-order chi connectivity index (χ1) is 9.26. The highest BCUT2D eigenvalue weighted by atomic mass is 16.6. The fourth-order valence-electron chi connectivity index (χ4n) is 2.45. The number of carbonyl (C=O) groups excluding carboxylic acids is 2. The maximum Gasteiger partial charge on any atom is 0.410 e. The molecule has 0 aromatic rings. The van der Waals surface area contributed by atoms with Gasteiger partial charge in [0.25, 0.3) is 0 Å². The van der Waals surface area contributed by atoms with E-state index in [4.69, 9.17) is 4.74 Å². The largest absolute Gasteiger partial charge is 0.444 e. The number of amides is 2. The van der Waals surface area contributed by atoms with E-state index in [0.717, 1.165) is 0 Å². The van der Waals surface area contributed by atoms with Crippen molar-refractivity contribution in [1.29, 1.82) is 0 Å². The van der Waals surface area contributed by atoms with Crippen molar-refractivity contribution in [3.05, 3.63) is 0 Å². The maximum absolute atomic E-state index is 12.2. The number of aliphatic hydroxyl groups is 1. The maximum atomic E-state index is 12.2. The van der Waals surface area contributed by atoms with Crippen molar-refractivity contribution in [3.63, 3.8) is 0 Å². The Kier molecular flexibility index (Phi) is 4.22. The van der Waals surface area contributed by atoms with E-state index >= 15 is 0 Å². The molecule has 2 aliphatic heterocycles. The van der Waals surface area contributed by atoms with Crippen LogP contribution in [0, 0.1) is 5.92 Å². The summed E-state index contributed by atoms with van der Waals surface area (Å²) in [5.74, 6) is -0.0190. The fraction of sp³-hybridized carbons (Fsp3) is 0.857. The van der Waals surface area contributed by atoms with Crippen molar-refractivity contribution in [1.82, 2.24) is 9.80 Å². The number of nitrogens with zero attached hydrogens (tertiary/aromatic N) is 2. The SMILES string of the molecule is CC(C)(C)OC(=O)N1CC(C(=O)N2CCC(O)CC2)C1. The Hall–Kier alpha value is -1.30. The summed E-state index contributed by atoms with van der Waals surface area (Å²) < 4.78 is 5.26. The topological polar surface area (TPSA) is 70.1 Å². The van der Waals surface area contributed by atoms with Crippen LogP contribution in [0.3, 0.4) is 0 Å². The zero-order valence-electron chi connectivity index (χ0n) is 12.5. The molecule has 6 nitrogen and oxygen atoms in total. The minimum atomic E-state index is -0.505. The molecule has 2 fully saturated rings. The Balaban J connectivity index is 1.75. The normalized spacial score (nSPS) is 21.6. The van der Waals surface area contributed by atoms with Gasteiger partial charge in [-0.05, 0) is 33.6 Å². The molecule has 2 saturated heterocycles. The predicted octanol–water partition coefficient (Wildman–Crippen LogP) is 0.837. The first-order valence-corrected chi connectivity index (χ1v) is 7.21. The summed E-state index contributed by atoms with van der Waals surface area (Å²) in [6.07, 6.45) is 0.664. The Labute approximate surface area is 119 Å². The monoisotopic (exact) mass is 284 g/mol. The van der Waals surface area contributed by atoms with Gasteiger partial charge in [0.2, 0.25) is 5.91 Å². The van der Waals surface area contributed by atoms with Gasteiger partial charge in [0, 0.05) is 26.2 Å². The van der Waals surface area contributed by atoms with Crippen LogP contribution < -0.4 is 0 Å². The van der Waals surface area contributed by atoms with Crippen molar-refractivity contribution in [2.24, 2.45) is 5.92 Å². The highest BCUT2D eigenvalue weighted by Gasteiger charge is 2.40. The molecule has 0 aromatic carbocycles. The molecule has 6 heteroatoms. The molecular formula is C14H24N2O4. The molecule has 0 saturated carbocycles. The van der Waals surface area contributed by atoms with Crippen molar-refractivity contribution < 1.29 is 19.4 Å². The summed E-state index contributed by atoms with van der Waals surface area (Å²) in [5.41, 5.74) is -0.505. The molecule has 0 aliphatic carbocycles. The number of hydrogen-bond acceptors (Lipinski definition) is 4. The second-order valence-electron chi connectivity index (χ2n) is 6.64. The van der Waals surface area contributed by atoms with Crippen LogP contribution in [0.15, 0.2) is 0 Å². The van der Waals surface area contributed by atoms with Crippen LogP contribution >= 0.6 is 0 Å². The van der Waals surface area contributed by atoms with Crippen molar-refractivity contribution in [2.45, 2.75) is 45.3 Å². The third-order valence-corrected chi connectivity index (χ3v) is 3.66. The summed E-state index contributed by atoms with van der Waals surface area (Å²) in [5, 5.41) is 9.43. The van der Waals surface area contributed by atoms with Crippen molar-refractivity contribution in [3.8, 4) is 0 Å². The number of rotatable bonds is 1. The lowest BCUT2D eigenvalue weighted by atomic mass is 9.97. The van der Waals surface area contributed by atoms with Gasteiger partial charge in [-0.25, -0.2) is 4.79 Å². The molecule has 0 aromatic heterocycles. The van der Waals surface area contributed by atoms with Gasteiger partial charge in [-0.3, -0.25) is 4.79 Å². The Bertz CT molecular complexity index is 377. The summed E-state index contributed by atoms with van der Waals surface area (Å²) in [7, 11) is 0. The second kappa shape index (κ2) is 5.60. The molecule has 1 N–H and O–H groups in total. The van der Waals surface area contributed by atoms with E-state index in [1.807, 2.05) is 20.8 Å². The van der Waals surface area contributed by atoms with E-state index in [-0.39, 0.29) is 24.0 Å². The van der Waals surface area contributed by atoms with Crippen molar-refractivity contribution >= 4 is 12.0 Å². The molecule has 0 unspecified atom stereocenters. The lowest BCUT2D eigenvalue weighted by molar-refractivity contribution is -0.142. The number of ether oxygens (including phenoxy) is 1. The molecule has 2 rings (SSSR count). The fourth-order valence-corrected chi connectivity index (χ4v) is 2.45. The number of aliphatic hydroxyl groups excluding tert-OH is 1. The summed E-state index contributed by atoms with van der Waals surface area (Å²) in [6, 6.07) is 0. The molecule has 0 radical (unpaired) electrons. The smallest absolute Gasteiger partial charge is 0.410 e. The molecule has 2 aliphatic rings. The van der Waals surface area contributed by atoms with E-state index in [1.165, 1.54) is 0 Å². The lowest BCUT2D eigenvalue weighted by Crippen LogP contribution is -2.58. The van der Waals surface area contributed by atoms with Gasteiger partial charge < -0.3 is 19.6 Å². The van der Waals surface area contributed by atoms with Crippen LogP contribution in [0.2, 0.25) is 0 Å². The highest BCUT2D eigenvalue weighted by Crippen LogP contribution is 2.23. The Morgan fingerprint density at radius 1 is 1.10 bits per heavy atom. The first kappa shape index (κ1) is 15.1. The van der Waals surface area contributed by atoms with Gasteiger partial charge in [0.05, 0.1) is 12.0 Å². The van der Waals surface area contributed by atoms with Gasteiger partial charge in [-0.2, -0.15) is 0 Å². The summed E-state index contributed by atoms with van der Waals surface area (Å²) in [4.78, 5) is 27.3. The minimum absolute atomic E-state index is 0.0942. The lowest BCUT2D eigenvalue weighted by Gasteiger charge is -2.42. The average molecular weight is 284 g/mol. The predicted molar refractivity (Wildman–Crippen MR) is 73.1 cm³/mol. The van der Waals surface area contributed by atoms with E-state index < -0.39 is 5.60 Å². The van der Waals surface area contributed by atoms with Crippen molar-refractivity contribution in [2.75, 3.05) is 26.2 Å². The highest BCUT2D eigenvalue weighted by molar-refractivity contribution is 5.82. The van der Waals surface area contributed by atoms with E-state index in [0.29, 0.717) is 39.0 Å². The molecule has 0 spiro atoms. The van der Waals surface area contributed by atoms with Gasteiger partial charge in [0.15, 0.2) is 0 Å². The zero-order valence-corrected chi connectivity index (χ0v) is 12.5. The van der Waals surface area contributed by atoms with Gasteiger partial charge in [-0.1, -0.05) is 0 Å². The molecule has 2 heterocycles. The second-order valence-corrected chi connectivity index (χ2v) is 6.64. The Morgan fingerprint density at radius 3 is 2.15 bits per heavy atom. The standard InChI is InChI=1S/C14H24N2O4/c1-14(2,3)20-13(19)16-8-10(9-16)12(18)15-6-4-11(17)5-7-15/h10-11,17H,4-9H2,1-3H3. The quantitative estimate of drug-likeness (QED) is 0.774. The number of piperidine rings is 1. The van der Waals surface area contributed by atoms with Crippen LogP contribution in [-0.4, -0.2) is 64.8 Å². The first-order valence-electron chi connectivity index (χ1n) is 7.21. The third kappa shape index (κ3) is 3.62. The summed E-state index contributed by atoms with van der Waals surface area (Å²) >= 11 is 0. The number of carbonyl (C=O) groups is 2. The van der Waals surface area contributed by atoms with E-state index in [2.05, 4.69) is 0 Å². The van der Waals surface area contributed by atoms with Crippen LogP contribution in [0.1, 0.15) is 33.6 Å². The molecule has 0 atom stereocenters. The summed E-state index contributed by atoms with van der Waals surface area (Å²) in [6.45, 7) is 7.58. The van der Waals surface area contributed by atoms with Crippen LogP contribution in [0.25, 0.3) is 0 Å². The molecular weight excluding hydrogens is 260 g/mol. The molecule has 20 heavy (non-hydrogen) atoms. The number of hydrogen-bond donors (Lipinski definition) is 1. The van der Waals surface area contributed by atoms with Crippen LogP contribution in [-0.2, 0) is 9.53 Å². The third-order valence-electron chi connectivity index (χ3n) is 3.66. The molecule has 114 valence electrons. The molecule has 2 amide bonds.